The number of nitrogen functional groups attached to an aromatic ring is 1. The fraction of sp³-hybridized carbons (Fsp3) is 0.0714. The normalized spacial score (nSPS) is 10.1. The van der Waals surface area contributed by atoms with Gasteiger partial charge in [-0.05, 0) is 49.4 Å². The predicted octanol–water partition coefficient (Wildman–Crippen LogP) is 3.87. The summed E-state index contributed by atoms with van der Waals surface area (Å²) in [6, 6.07) is 12.5. The Morgan fingerprint density at radius 1 is 1.17 bits per heavy atom. The number of anilines is 3. The zero-order chi connectivity index (χ0) is 13.1. The third-order valence-corrected chi connectivity index (χ3v) is 2.88. The van der Waals surface area contributed by atoms with Crippen LogP contribution < -0.4 is 11.1 Å². The minimum Gasteiger partial charge on any atom is -0.399 e. The van der Waals surface area contributed by atoms with Crippen LogP contribution in [0.4, 0.5) is 17.1 Å². The highest BCUT2D eigenvalue weighted by Gasteiger charge is 2.02. The van der Waals surface area contributed by atoms with Crippen LogP contribution in [0.3, 0.4) is 0 Å². The molecule has 0 aliphatic heterocycles. The summed E-state index contributed by atoms with van der Waals surface area (Å²) >= 11 is 6.06. The maximum atomic E-state index is 11.2. The monoisotopic (exact) mass is 260 g/mol. The number of rotatable bonds is 3. The van der Waals surface area contributed by atoms with Crippen LogP contribution in [0.2, 0.25) is 5.02 Å². The number of nitrogens with one attached hydrogen (secondary N) is 1. The fourth-order valence-electron chi connectivity index (χ4n) is 1.58. The van der Waals surface area contributed by atoms with Crippen LogP contribution in [0.5, 0.6) is 0 Å². The van der Waals surface area contributed by atoms with Gasteiger partial charge >= 0.3 is 0 Å². The van der Waals surface area contributed by atoms with Crippen LogP contribution in [0.1, 0.15) is 17.3 Å². The number of ketones is 1. The third-order valence-electron chi connectivity index (χ3n) is 2.56. The van der Waals surface area contributed by atoms with E-state index in [1.165, 1.54) is 0 Å². The zero-order valence-corrected chi connectivity index (χ0v) is 10.7. The van der Waals surface area contributed by atoms with Gasteiger partial charge in [0.05, 0.1) is 10.7 Å². The van der Waals surface area contributed by atoms with Crippen LogP contribution in [0.25, 0.3) is 0 Å². The minimum absolute atomic E-state index is 0.0482. The molecule has 3 nitrogen and oxygen atoms in total. The molecule has 0 aliphatic carbocycles. The molecule has 2 aromatic carbocycles. The van der Waals surface area contributed by atoms with Crippen molar-refractivity contribution in [3.63, 3.8) is 0 Å². The number of carbonyl (C=O) groups excluding carboxylic acids is 1. The van der Waals surface area contributed by atoms with E-state index in [-0.39, 0.29) is 5.78 Å². The van der Waals surface area contributed by atoms with Crippen LogP contribution in [0.15, 0.2) is 42.5 Å². The van der Waals surface area contributed by atoms with Crippen molar-refractivity contribution in [2.75, 3.05) is 11.1 Å². The van der Waals surface area contributed by atoms with Crippen molar-refractivity contribution in [3.8, 4) is 0 Å². The van der Waals surface area contributed by atoms with Gasteiger partial charge in [0.2, 0.25) is 0 Å². The Hall–Kier alpha value is -2.00. The van der Waals surface area contributed by atoms with E-state index in [0.717, 1.165) is 11.4 Å². The molecular weight excluding hydrogens is 248 g/mol. The van der Waals surface area contributed by atoms with Gasteiger partial charge in [-0.3, -0.25) is 4.79 Å². The Balaban J connectivity index is 2.21. The van der Waals surface area contributed by atoms with E-state index >= 15 is 0 Å². The lowest BCUT2D eigenvalue weighted by Crippen LogP contribution is -1.95. The van der Waals surface area contributed by atoms with Crippen molar-refractivity contribution in [1.29, 1.82) is 0 Å². The lowest BCUT2D eigenvalue weighted by molar-refractivity contribution is 0.101. The second kappa shape index (κ2) is 5.10. The molecule has 2 aromatic rings. The van der Waals surface area contributed by atoms with Gasteiger partial charge in [-0.25, -0.2) is 0 Å². The van der Waals surface area contributed by atoms with Gasteiger partial charge in [0.15, 0.2) is 5.78 Å². The second-order valence-electron chi connectivity index (χ2n) is 4.00. The number of hydrogen-bond donors (Lipinski definition) is 2. The summed E-state index contributed by atoms with van der Waals surface area (Å²) in [4.78, 5) is 11.2. The Bertz CT molecular complexity index is 579. The van der Waals surface area contributed by atoms with Crippen molar-refractivity contribution in [2.24, 2.45) is 0 Å². The Kier molecular flexibility index (Phi) is 3.53. The van der Waals surface area contributed by atoms with Gasteiger partial charge in [-0.2, -0.15) is 0 Å². The molecule has 0 saturated carbocycles. The molecule has 0 amide bonds. The molecule has 0 heterocycles. The second-order valence-corrected chi connectivity index (χ2v) is 4.41. The maximum Gasteiger partial charge on any atom is 0.159 e. The largest absolute Gasteiger partial charge is 0.399 e. The Labute approximate surface area is 111 Å². The van der Waals surface area contributed by atoms with E-state index in [1.807, 2.05) is 18.2 Å². The van der Waals surface area contributed by atoms with E-state index < -0.39 is 0 Å². The van der Waals surface area contributed by atoms with E-state index in [9.17, 15) is 4.79 Å². The maximum absolute atomic E-state index is 11.2. The summed E-state index contributed by atoms with van der Waals surface area (Å²) in [6.07, 6.45) is 0. The number of halogens is 1. The molecular formula is C14H13ClN2O. The predicted molar refractivity (Wildman–Crippen MR) is 75.6 cm³/mol. The van der Waals surface area contributed by atoms with Crippen LogP contribution in [-0.4, -0.2) is 5.78 Å². The zero-order valence-electron chi connectivity index (χ0n) is 9.91. The average Bonchev–Trinajstić information content (AvgIpc) is 2.33. The van der Waals surface area contributed by atoms with Gasteiger partial charge in [0.1, 0.15) is 0 Å². The first-order chi connectivity index (χ1) is 8.56. The SMILES string of the molecule is CC(=O)c1ccc(Nc2ccc(N)cc2Cl)cc1. The Morgan fingerprint density at radius 2 is 1.83 bits per heavy atom. The highest BCUT2D eigenvalue weighted by atomic mass is 35.5. The van der Waals surface area contributed by atoms with Gasteiger partial charge < -0.3 is 11.1 Å². The molecule has 18 heavy (non-hydrogen) atoms. The molecule has 0 bridgehead atoms. The van der Waals surface area contributed by atoms with E-state index in [2.05, 4.69) is 5.32 Å². The molecule has 0 saturated heterocycles. The molecule has 3 N–H and O–H groups in total. The smallest absolute Gasteiger partial charge is 0.159 e. The quantitative estimate of drug-likeness (QED) is 0.651. The molecule has 0 aliphatic rings. The minimum atomic E-state index is 0.0482. The number of nitrogens with two attached hydrogens (primary N) is 1. The number of Topliss-reactive ketones (excluding diaryl/α,β-unsaturated/α-hetero) is 1. The van der Waals surface area contributed by atoms with Crippen molar-refractivity contribution in [2.45, 2.75) is 6.92 Å². The summed E-state index contributed by atoms with van der Waals surface area (Å²) in [5.74, 6) is 0.0482. The van der Waals surface area contributed by atoms with Gasteiger partial charge in [-0.1, -0.05) is 11.6 Å². The molecule has 92 valence electrons. The molecule has 0 spiro atoms. The fourth-order valence-corrected chi connectivity index (χ4v) is 1.81. The molecule has 0 atom stereocenters. The summed E-state index contributed by atoms with van der Waals surface area (Å²) in [5.41, 5.74) is 8.58. The van der Waals surface area contributed by atoms with Crippen molar-refractivity contribution in [3.05, 3.63) is 53.1 Å². The van der Waals surface area contributed by atoms with Crippen LogP contribution >= 0.6 is 11.6 Å². The lowest BCUT2D eigenvalue weighted by Gasteiger charge is -2.09. The van der Waals surface area contributed by atoms with Crippen molar-refractivity contribution in [1.82, 2.24) is 0 Å². The highest BCUT2D eigenvalue weighted by molar-refractivity contribution is 6.33. The number of hydrogen-bond acceptors (Lipinski definition) is 3. The first kappa shape index (κ1) is 12.5. The molecule has 0 aromatic heterocycles. The van der Waals surface area contributed by atoms with E-state index in [0.29, 0.717) is 16.3 Å². The number of carbonyl (C=O) groups is 1. The first-order valence-electron chi connectivity index (χ1n) is 5.49. The van der Waals surface area contributed by atoms with Gasteiger partial charge in [0.25, 0.3) is 0 Å². The van der Waals surface area contributed by atoms with Crippen LogP contribution in [-0.2, 0) is 0 Å². The molecule has 0 radical (unpaired) electrons. The van der Waals surface area contributed by atoms with E-state index in [4.69, 9.17) is 17.3 Å². The molecule has 4 heteroatoms. The third kappa shape index (κ3) is 2.81. The standard InChI is InChI=1S/C14H13ClN2O/c1-9(18)10-2-5-12(6-3-10)17-14-7-4-11(16)8-13(14)15/h2-8,17H,16H2,1H3. The highest BCUT2D eigenvalue weighted by Crippen LogP contribution is 2.27. The summed E-state index contributed by atoms with van der Waals surface area (Å²) in [5, 5.41) is 3.73. The first-order valence-corrected chi connectivity index (χ1v) is 5.87. The summed E-state index contributed by atoms with van der Waals surface area (Å²) in [6.45, 7) is 1.54. The molecule has 0 unspecified atom stereocenters. The summed E-state index contributed by atoms with van der Waals surface area (Å²) < 4.78 is 0. The summed E-state index contributed by atoms with van der Waals surface area (Å²) in [7, 11) is 0. The topological polar surface area (TPSA) is 55.1 Å². The van der Waals surface area contributed by atoms with Crippen LogP contribution in [0, 0.1) is 0 Å². The van der Waals surface area contributed by atoms with Gasteiger partial charge in [0, 0.05) is 16.9 Å². The molecule has 0 fully saturated rings. The Morgan fingerprint density at radius 3 is 2.39 bits per heavy atom. The number of benzene rings is 2. The average molecular weight is 261 g/mol. The van der Waals surface area contributed by atoms with Crippen molar-refractivity contribution < 1.29 is 4.79 Å². The molecule has 2 rings (SSSR count). The lowest BCUT2D eigenvalue weighted by atomic mass is 10.1. The van der Waals surface area contributed by atoms with Gasteiger partial charge in [-0.15, -0.1) is 0 Å². The van der Waals surface area contributed by atoms with E-state index in [1.54, 1.807) is 31.2 Å². The van der Waals surface area contributed by atoms with Crippen molar-refractivity contribution >= 4 is 34.4 Å².